The Morgan fingerprint density at radius 1 is 1.33 bits per heavy atom. The van der Waals surface area contributed by atoms with E-state index >= 15 is 0 Å². The fourth-order valence-electron chi connectivity index (χ4n) is 2.44. The van der Waals surface area contributed by atoms with Crippen molar-refractivity contribution in [3.05, 3.63) is 0 Å². The second-order valence-electron chi connectivity index (χ2n) is 6.73. The fourth-order valence-corrected chi connectivity index (χ4v) is 2.44. The highest BCUT2D eigenvalue weighted by Gasteiger charge is 2.45. The van der Waals surface area contributed by atoms with Crippen molar-refractivity contribution < 1.29 is 0 Å². The molecule has 15 heavy (non-hydrogen) atoms. The van der Waals surface area contributed by atoms with Gasteiger partial charge in [-0.15, -0.1) is 0 Å². The third-order valence-corrected chi connectivity index (χ3v) is 3.94. The standard InChI is InChI=1S/C13H26N2/c1-12(2,3)14-9-11-5-8-15(10-11)13(4)6-7-13/h11,14H,5-10H2,1-4H3. The van der Waals surface area contributed by atoms with Crippen LogP contribution in [0.15, 0.2) is 0 Å². The summed E-state index contributed by atoms with van der Waals surface area (Å²) < 4.78 is 0. The summed E-state index contributed by atoms with van der Waals surface area (Å²) in [6.07, 6.45) is 4.23. The molecular formula is C13H26N2. The average molecular weight is 210 g/mol. The first-order chi connectivity index (χ1) is 6.89. The monoisotopic (exact) mass is 210 g/mol. The van der Waals surface area contributed by atoms with E-state index in [1.165, 1.54) is 38.9 Å². The zero-order chi connectivity index (χ0) is 11.1. The zero-order valence-electron chi connectivity index (χ0n) is 10.8. The van der Waals surface area contributed by atoms with Crippen LogP contribution in [0, 0.1) is 5.92 Å². The third-order valence-electron chi connectivity index (χ3n) is 3.94. The summed E-state index contributed by atoms with van der Waals surface area (Å²) in [4.78, 5) is 2.71. The molecule has 0 aromatic heterocycles. The van der Waals surface area contributed by atoms with Crippen molar-refractivity contribution in [1.82, 2.24) is 10.2 Å². The van der Waals surface area contributed by atoms with Crippen LogP contribution >= 0.6 is 0 Å². The first-order valence-corrected chi connectivity index (χ1v) is 6.39. The molecule has 1 N–H and O–H groups in total. The van der Waals surface area contributed by atoms with E-state index in [-0.39, 0.29) is 5.54 Å². The van der Waals surface area contributed by atoms with Crippen molar-refractivity contribution in [3.63, 3.8) is 0 Å². The summed E-state index contributed by atoms with van der Waals surface area (Å²) in [5.74, 6) is 0.877. The second kappa shape index (κ2) is 3.74. The van der Waals surface area contributed by atoms with Gasteiger partial charge < -0.3 is 5.32 Å². The average Bonchev–Trinajstić information content (AvgIpc) is 2.70. The van der Waals surface area contributed by atoms with Gasteiger partial charge in [-0.2, -0.15) is 0 Å². The molecule has 2 fully saturated rings. The van der Waals surface area contributed by atoms with Gasteiger partial charge in [0, 0.05) is 17.6 Å². The van der Waals surface area contributed by atoms with Crippen molar-refractivity contribution >= 4 is 0 Å². The maximum Gasteiger partial charge on any atom is 0.0182 e. The molecule has 2 heteroatoms. The van der Waals surface area contributed by atoms with Gasteiger partial charge >= 0.3 is 0 Å². The maximum absolute atomic E-state index is 3.63. The Balaban J connectivity index is 1.73. The van der Waals surface area contributed by atoms with Crippen LogP contribution in [-0.2, 0) is 0 Å². The van der Waals surface area contributed by atoms with Crippen LogP contribution in [0.2, 0.25) is 0 Å². The van der Waals surface area contributed by atoms with E-state index in [9.17, 15) is 0 Å². The number of hydrogen-bond acceptors (Lipinski definition) is 2. The number of rotatable bonds is 3. The highest BCUT2D eigenvalue weighted by atomic mass is 15.2. The first kappa shape index (κ1) is 11.4. The van der Waals surface area contributed by atoms with Crippen LogP contribution in [0.4, 0.5) is 0 Å². The maximum atomic E-state index is 3.63. The Labute approximate surface area is 94.4 Å². The number of likely N-dealkylation sites (tertiary alicyclic amines) is 1. The number of nitrogens with one attached hydrogen (secondary N) is 1. The fraction of sp³-hybridized carbons (Fsp3) is 1.00. The first-order valence-electron chi connectivity index (χ1n) is 6.39. The number of nitrogens with zero attached hydrogens (tertiary/aromatic N) is 1. The Morgan fingerprint density at radius 3 is 2.53 bits per heavy atom. The molecular weight excluding hydrogens is 184 g/mol. The lowest BCUT2D eigenvalue weighted by Gasteiger charge is -2.25. The second-order valence-corrected chi connectivity index (χ2v) is 6.73. The van der Waals surface area contributed by atoms with E-state index in [0.29, 0.717) is 5.54 Å². The summed E-state index contributed by atoms with van der Waals surface area (Å²) >= 11 is 0. The molecule has 1 aliphatic carbocycles. The highest BCUT2D eigenvalue weighted by molar-refractivity contribution is 5.02. The van der Waals surface area contributed by atoms with E-state index in [1.807, 2.05) is 0 Å². The van der Waals surface area contributed by atoms with Gasteiger partial charge in [-0.25, -0.2) is 0 Å². The van der Waals surface area contributed by atoms with E-state index in [1.54, 1.807) is 0 Å². The summed E-state index contributed by atoms with van der Waals surface area (Å²) in [7, 11) is 0. The van der Waals surface area contributed by atoms with Gasteiger partial charge in [-0.3, -0.25) is 4.90 Å². The molecule has 2 rings (SSSR count). The molecule has 0 spiro atoms. The molecule has 1 unspecified atom stereocenters. The normalized spacial score (nSPS) is 30.8. The molecule has 0 aromatic carbocycles. The van der Waals surface area contributed by atoms with Crippen molar-refractivity contribution in [2.75, 3.05) is 19.6 Å². The lowest BCUT2D eigenvalue weighted by Crippen LogP contribution is -2.40. The molecule has 0 radical (unpaired) electrons. The molecule has 2 nitrogen and oxygen atoms in total. The zero-order valence-corrected chi connectivity index (χ0v) is 10.8. The predicted molar refractivity (Wildman–Crippen MR) is 65.1 cm³/mol. The predicted octanol–water partition coefficient (Wildman–Crippen LogP) is 2.25. The minimum Gasteiger partial charge on any atom is -0.312 e. The topological polar surface area (TPSA) is 15.3 Å². The van der Waals surface area contributed by atoms with Crippen molar-refractivity contribution in [2.24, 2.45) is 5.92 Å². The lowest BCUT2D eigenvalue weighted by atomic mass is 10.1. The molecule has 1 heterocycles. The molecule has 0 amide bonds. The molecule has 2 aliphatic rings. The number of hydrogen-bond donors (Lipinski definition) is 1. The highest BCUT2D eigenvalue weighted by Crippen LogP contribution is 2.43. The summed E-state index contributed by atoms with van der Waals surface area (Å²) in [6, 6.07) is 0. The van der Waals surface area contributed by atoms with Crippen LogP contribution < -0.4 is 5.32 Å². The van der Waals surface area contributed by atoms with Gasteiger partial charge in [0.25, 0.3) is 0 Å². The van der Waals surface area contributed by atoms with Crippen LogP contribution in [0.1, 0.15) is 47.0 Å². The third kappa shape index (κ3) is 2.94. The summed E-state index contributed by atoms with van der Waals surface area (Å²) in [5, 5.41) is 3.63. The van der Waals surface area contributed by atoms with Crippen LogP contribution in [-0.4, -0.2) is 35.6 Å². The van der Waals surface area contributed by atoms with Gasteiger partial charge in [-0.05, 0) is 66.0 Å². The van der Waals surface area contributed by atoms with E-state index in [2.05, 4.69) is 37.9 Å². The largest absolute Gasteiger partial charge is 0.312 e. The molecule has 1 atom stereocenters. The molecule has 0 aromatic rings. The summed E-state index contributed by atoms with van der Waals surface area (Å²) in [5.41, 5.74) is 0.868. The minimum atomic E-state index is 0.275. The van der Waals surface area contributed by atoms with Gasteiger partial charge in [0.2, 0.25) is 0 Å². The molecule has 88 valence electrons. The Kier molecular flexibility index (Phi) is 2.85. The molecule has 1 aliphatic heterocycles. The molecule has 1 saturated heterocycles. The Hall–Kier alpha value is -0.0800. The van der Waals surface area contributed by atoms with Crippen LogP contribution in [0.3, 0.4) is 0 Å². The SMILES string of the molecule is CC(C)(C)NCC1CCN(C2(C)CC2)C1. The van der Waals surface area contributed by atoms with Crippen molar-refractivity contribution in [3.8, 4) is 0 Å². The molecule has 0 bridgehead atoms. The Bertz CT molecular complexity index is 225. The van der Waals surface area contributed by atoms with Crippen molar-refractivity contribution in [1.29, 1.82) is 0 Å². The van der Waals surface area contributed by atoms with E-state index in [4.69, 9.17) is 0 Å². The van der Waals surface area contributed by atoms with Gasteiger partial charge in [0.05, 0.1) is 0 Å². The van der Waals surface area contributed by atoms with Gasteiger partial charge in [-0.1, -0.05) is 0 Å². The minimum absolute atomic E-state index is 0.275. The van der Waals surface area contributed by atoms with Crippen LogP contribution in [0.5, 0.6) is 0 Å². The van der Waals surface area contributed by atoms with Crippen LogP contribution in [0.25, 0.3) is 0 Å². The van der Waals surface area contributed by atoms with E-state index in [0.717, 1.165) is 5.92 Å². The van der Waals surface area contributed by atoms with Gasteiger partial charge in [0.15, 0.2) is 0 Å². The molecule has 1 saturated carbocycles. The van der Waals surface area contributed by atoms with Crippen molar-refractivity contribution in [2.45, 2.75) is 58.0 Å². The smallest absolute Gasteiger partial charge is 0.0182 e. The summed E-state index contributed by atoms with van der Waals surface area (Å²) in [6.45, 7) is 13.0. The Morgan fingerprint density at radius 2 is 2.00 bits per heavy atom. The quantitative estimate of drug-likeness (QED) is 0.768. The van der Waals surface area contributed by atoms with E-state index < -0.39 is 0 Å². The lowest BCUT2D eigenvalue weighted by molar-refractivity contribution is 0.227. The van der Waals surface area contributed by atoms with Gasteiger partial charge in [0.1, 0.15) is 0 Å².